The van der Waals surface area contributed by atoms with Gasteiger partial charge in [-0.1, -0.05) is 13.0 Å². The topological polar surface area (TPSA) is 104 Å². The van der Waals surface area contributed by atoms with Gasteiger partial charge in [0.2, 0.25) is 5.82 Å². The summed E-state index contributed by atoms with van der Waals surface area (Å²) in [6.45, 7) is -0.506. The first kappa shape index (κ1) is 27.2. The number of anilines is 1. The molecular weight excluding hydrogens is 503 g/mol. The monoisotopic (exact) mass is 523 g/mol. The first-order valence-corrected chi connectivity index (χ1v) is 10.3. The molecule has 1 aliphatic heterocycles. The Hall–Kier alpha value is -3.42. The van der Waals surface area contributed by atoms with E-state index in [1.54, 1.807) is 0 Å². The Balaban J connectivity index is 2.13. The van der Waals surface area contributed by atoms with Crippen molar-refractivity contribution in [2.24, 2.45) is 11.7 Å². The van der Waals surface area contributed by atoms with E-state index in [0.29, 0.717) is 18.6 Å². The third-order valence-electron chi connectivity index (χ3n) is 6.19. The van der Waals surface area contributed by atoms with Crippen molar-refractivity contribution in [3.05, 3.63) is 52.9 Å². The van der Waals surface area contributed by atoms with E-state index in [9.17, 15) is 40.3 Å². The van der Waals surface area contributed by atoms with E-state index in [0.717, 1.165) is 19.1 Å². The molecule has 36 heavy (non-hydrogen) atoms. The van der Waals surface area contributed by atoms with Gasteiger partial charge in [0.05, 0.1) is 0 Å². The second-order valence-electron chi connectivity index (χ2n) is 8.35. The molecule has 0 radical (unpaired) electrons. The fourth-order valence-electron chi connectivity index (χ4n) is 4.04. The summed E-state index contributed by atoms with van der Waals surface area (Å²) < 4.78 is 105. The Labute approximate surface area is 199 Å². The maximum atomic E-state index is 14.4. The molecule has 3 rings (SSSR count). The van der Waals surface area contributed by atoms with E-state index in [1.807, 2.05) is 0 Å². The smallest absolute Gasteiger partial charge is 0.417 e. The van der Waals surface area contributed by atoms with Crippen LogP contribution in [0.5, 0.6) is 5.75 Å². The highest BCUT2D eigenvalue weighted by atomic mass is 19.4. The van der Waals surface area contributed by atoms with Crippen molar-refractivity contribution >= 4 is 17.5 Å². The number of primary amides is 1. The lowest BCUT2D eigenvalue weighted by atomic mass is 9.77. The van der Waals surface area contributed by atoms with Crippen LogP contribution in [-0.4, -0.2) is 41.3 Å². The zero-order chi connectivity index (χ0) is 27.2. The fourth-order valence-corrected chi connectivity index (χ4v) is 4.04. The largest absolute Gasteiger partial charge is 0.431 e. The number of rotatable bonds is 6. The van der Waals surface area contributed by atoms with Gasteiger partial charge < -0.3 is 20.5 Å². The maximum absolute atomic E-state index is 14.4. The fraction of sp³-hybridized carbons (Fsp3) is 0.409. The molecule has 1 saturated heterocycles. The molecule has 14 heteroatoms. The predicted molar refractivity (Wildman–Crippen MR) is 110 cm³/mol. The molecule has 0 aliphatic carbocycles. The predicted octanol–water partition coefficient (Wildman–Crippen LogP) is 4.45. The lowest BCUT2D eigenvalue weighted by Crippen LogP contribution is -2.47. The summed E-state index contributed by atoms with van der Waals surface area (Å²) in [4.78, 5) is 28.4. The van der Waals surface area contributed by atoms with Gasteiger partial charge in [-0.25, -0.2) is 4.39 Å². The first-order valence-electron chi connectivity index (χ1n) is 10.3. The Morgan fingerprint density at radius 1 is 1.25 bits per heavy atom. The first-order chi connectivity index (χ1) is 16.6. The average Bonchev–Trinajstić information content (AvgIpc) is 3.05. The number of aryl methyl sites for hydroxylation is 1. The van der Waals surface area contributed by atoms with Crippen molar-refractivity contribution in [3.63, 3.8) is 0 Å². The molecule has 1 aliphatic rings. The molecule has 196 valence electrons. The third-order valence-corrected chi connectivity index (χ3v) is 6.19. The summed E-state index contributed by atoms with van der Waals surface area (Å²) in [5.41, 5.74) is 1.53. The number of nitrogens with zero attached hydrogens (tertiary/aromatic N) is 1. The molecule has 7 nitrogen and oxygen atoms in total. The van der Waals surface area contributed by atoms with Gasteiger partial charge in [0.25, 0.3) is 11.8 Å². The minimum absolute atomic E-state index is 0.0474. The van der Waals surface area contributed by atoms with Gasteiger partial charge in [-0.15, -0.1) is 0 Å². The number of nitrogens with one attached hydrogen (secondary N) is 1. The van der Waals surface area contributed by atoms with Crippen molar-refractivity contribution in [1.82, 2.24) is 4.98 Å². The van der Waals surface area contributed by atoms with Gasteiger partial charge in [0.15, 0.2) is 17.2 Å². The van der Waals surface area contributed by atoms with Crippen LogP contribution in [0.3, 0.4) is 0 Å². The van der Waals surface area contributed by atoms with Gasteiger partial charge in [-0.05, 0) is 31.5 Å². The number of alkyl halides is 5. The molecule has 4 atom stereocenters. The number of nitrogens with two attached hydrogens (primary N) is 1. The Bertz CT molecular complexity index is 1190. The Morgan fingerprint density at radius 2 is 1.89 bits per heavy atom. The second-order valence-corrected chi connectivity index (χ2v) is 8.35. The highest BCUT2D eigenvalue weighted by Gasteiger charge is 2.66. The van der Waals surface area contributed by atoms with E-state index in [-0.39, 0.29) is 11.4 Å². The van der Waals surface area contributed by atoms with Gasteiger partial charge >= 0.3 is 12.8 Å². The molecular formula is C22H20F7N3O4. The summed E-state index contributed by atoms with van der Waals surface area (Å²) in [5.74, 6) is -10.3. The summed E-state index contributed by atoms with van der Waals surface area (Å²) in [6, 6.07) is 2.35. The summed E-state index contributed by atoms with van der Waals surface area (Å²) in [6.07, 6.45) is -5.90. The van der Waals surface area contributed by atoms with Crippen LogP contribution >= 0.6 is 0 Å². The van der Waals surface area contributed by atoms with E-state index in [2.05, 4.69) is 15.0 Å². The second kappa shape index (κ2) is 9.56. The molecule has 0 spiro atoms. The summed E-state index contributed by atoms with van der Waals surface area (Å²) >= 11 is 0. The number of aromatic nitrogens is 1. The van der Waals surface area contributed by atoms with Gasteiger partial charge in [0.1, 0.15) is 11.8 Å². The number of carbonyl (C=O) groups is 2. The molecule has 1 aromatic carbocycles. The number of pyridine rings is 1. The van der Waals surface area contributed by atoms with Crippen molar-refractivity contribution in [3.8, 4) is 5.75 Å². The quantitative estimate of drug-likeness (QED) is 0.545. The van der Waals surface area contributed by atoms with Crippen LogP contribution in [-0.2, 0) is 9.53 Å². The van der Waals surface area contributed by atoms with Crippen LogP contribution in [0.4, 0.5) is 36.4 Å². The summed E-state index contributed by atoms with van der Waals surface area (Å²) in [5, 5.41) is 2.31. The van der Waals surface area contributed by atoms with Crippen molar-refractivity contribution < 1.29 is 49.8 Å². The molecule has 2 heterocycles. The number of halogens is 7. The van der Waals surface area contributed by atoms with Gasteiger partial charge in [-0.2, -0.15) is 26.3 Å². The third kappa shape index (κ3) is 4.81. The molecule has 1 fully saturated rings. The van der Waals surface area contributed by atoms with E-state index >= 15 is 0 Å². The van der Waals surface area contributed by atoms with Crippen LogP contribution in [0.25, 0.3) is 0 Å². The number of carbonyl (C=O) groups excluding carboxylic acids is 2. The van der Waals surface area contributed by atoms with Crippen LogP contribution in [0, 0.1) is 24.5 Å². The Morgan fingerprint density at radius 3 is 2.44 bits per heavy atom. The van der Waals surface area contributed by atoms with E-state index in [4.69, 9.17) is 10.5 Å². The number of ether oxygens (including phenoxy) is 2. The van der Waals surface area contributed by atoms with Crippen LogP contribution in [0.2, 0.25) is 0 Å². The van der Waals surface area contributed by atoms with Crippen LogP contribution in [0.15, 0.2) is 24.4 Å². The van der Waals surface area contributed by atoms with Crippen molar-refractivity contribution in [2.75, 3.05) is 5.32 Å². The minimum atomic E-state index is -5.05. The van der Waals surface area contributed by atoms with Crippen molar-refractivity contribution in [1.29, 1.82) is 0 Å². The molecule has 1 aromatic heterocycles. The molecule has 0 unspecified atom stereocenters. The standard InChI is InChI=1S/C22H20F7N3O4/c1-8-7-31-13(18(30)33)6-12(8)32-19(34)17-14(9(2)21(3,36-17)22(27,28)29)10-4-5-11(23)15(24)16(10)35-20(25)26/h4-7,9,14,17,20H,1-3H3,(H2,30,33)(H,31,32,34)/t9-,14+,17+,21+/m0/s1. The molecule has 2 aromatic rings. The highest BCUT2D eigenvalue weighted by Crippen LogP contribution is 2.55. The highest BCUT2D eigenvalue weighted by molar-refractivity contribution is 5.98. The SMILES string of the molecule is Cc1cnc(C(N)=O)cc1NC(=O)[C@@H]1O[C@@](C)(C(F)(F)F)[C@@H](C)[C@@H]1c1ccc(F)c(F)c1OC(F)F. The number of benzene rings is 1. The van der Waals surface area contributed by atoms with E-state index in [1.165, 1.54) is 13.1 Å². The zero-order valence-corrected chi connectivity index (χ0v) is 18.9. The maximum Gasteiger partial charge on any atom is 0.417 e. The molecule has 2 amide bonds. The van der Waals surface area contributed by atoms with Gasteiger partial charge in [-0.3, -0.25) is 14.6 Å². The average molecular weight is 523 g/mol. The lowest BCUT2D eigenvalue weighted by molar-refractivity contribution is -0.272. The summed E-state index contributed by atoms with van der Waals surface area (Å²) in [7, 11) is 0. The van der Waals surface area contributed by atoms with Gasteiger partial charge in [0, 0.05) is 29.3 Å². The molecule has 0 bridgehead atoms. The molecule has 3 N–H and O–H groups in total. The zero-order valence-electron chi connectivity index (χ0n) is 18.9. The van der Waals surface area contributed by atoms with Crippen LogP contribution in [0.1, 0.15) is 41.4 Å². The Kier molecular flexibility index (Phi) is 7.22. The van der Waals surface area contributed by atoms with E-state index < -0.39 is 71.1 Å². The number of amides is 2. The lowest BCUT2D eigenvalue weighted by Gasteiger charge is -2.32. The number of hydrogen-bond donors (Lipinski definition) is 2. The van der Waals surface area contributed by atoms with Crippen LogP contribution < -0.4 is 15.8 Å². The number of hydrogen-bond acceptors (Lipinski definition) is 5. The van der Waals surface area contributed by atoms with Crippen molar-refractivity contribution in [2.45, 2.75) is 51.2 Å². The minimum Gasteiger partial charge on any atom is -0.431 e. The normalized spacial score (nSPS) is 24.1. The molecule has 0 saturated carbocycles.